The van der Waals surface area contributed by atoms with E-state index in [0.717, 1.165) is 51.6 Å². The highest BCUT2D eigenvalue weighted by Gasteiger charge is 2.27. The van der Waals surface area contributed by atoms with E-state index in [1.54, 1.807) is 7.11 Å². The average Bonchev–Trinajstić information content (AvgIpc) is 2.82. The quantitative estimate of drug-likeness (QED) is 0.638. The third-order valence-electron chi connectivity index (χ3n) is 3.33. The molecule has 1 saturated carbocycles. The van der Waals surface area contributed by atoms with Gasteiger partial charge < -0.3 is 10.1 Å². The third kappa shape index (κ3) is 5.84. The molecule has 0 unspecified atom stereocenters. The number of unbranched alkanes of at least 4 members (excludes halogenated alkanes) is 1. The van der Waals surface area contributed by atoms with Crippen molar-refractivity contribution < 1.29 is 13.2 Å². The fraction of sp³-hybridized carbons (Fsp3) is 1.00. The molecule has 0 aromatic carbocycles. The lowest BCUT2D eigenvalue weighted by Crippen LogP contribution is -2.23. The largest absolute Gasteiger partial charge is 0.383 e. The van der Waals surface area contributed by atoms with Crippen molar-refractivity contribution in [2.75, 3.05) is 32.6 Å². The second-order valence-electron chi connectivity index (χ2n) is 4.72. The Bertz CT molecular complexity index is 284. The van der Waals surface area contributed by atoms with Crippen LogP contribution in [0.25, 0.3) is 0 Å². The van der Waals surface area contributed by atoms with Gasteiger partial charge in [-0.2, -0.15) is 0 Å². The number of rotatable bonds is 9. The normalized spacial score (nSPS) is 17.7. The molecule has 0 bridgehead atoms. The summed E-state index contributed by atoms with van der Waals surface area (Å²) in [6, 6.07) is 0. The van der Waals surface area contributed by atoms with Crippen LogP contribution in [0.2, 0.25) is 0 Å². The maximum absolute atomic E-state index is 11.9. The molecule has 17 heavy (non-hydrogen) atoms. The summed E-state index contributed by atoms with van der Waals surface area (Å²) in [4.78, 5) is 0. The SMILES string of the molecule is COCCNCCCCS(=O)(=O)C1CCCC1. The monoisotopic (exact) mass is 263 g/mol. The summed E-state index contributed by atoms with van der Waals surface area (Å²) in [6.07, 6.45) is 5.64. The number of sulfone groups is 1. The summed E-state index contributed by atoms with van der Waals surface area (Å²) in [5.41, 5.74) is 0. The molecular formula is C12H25NO3S. The van der Waals surface area contributed by atoms with Gasteiger partial charge >= 0.3 is 0 Å². The fourth-order valence-corrected chi connectivity index (χ4v) is 4.26. The number of hydrogen-bond acceptors (Lipinski definition) is 4. The summed E-state index contributed by atoms with van der Waals surface area (Å²) >= 11 is 0. The zero-order valence-corrected chi connectivity index (χ0v) is 11.6. The van der Waals surface area contributed by atoms with Gasteiger partial charge in [0.15, 0.2) is 9.84 Å². The van der Waals surface area contributed by atoms with Gasteiger partial charge in [0.2, 0.25) is 0 Å². The van der Waals surface area contributed by atoms with E-state index in [9.17, 15) is 8.42 Å². The Morgan fingerprint density at radius 1 is 1.18 bits per heavy atom. The topological polar surface area (TPSA) is 55.4 Å². The smallest absolute Gasteiger partial charge is 0.153 e. The maximum Gasteiger partial charge on any atom is 0.153 e. The molecule has 102 valence electrons. The predicted molar refractivity (Wildman–Crippen MR) is 70.0 cm³/mol. The Hall–Kier alpha value is -0.130. The van der Waals surface area contributed by atoms with Crippen LogP contribution >= 0.6 is 0 Å². The third-order valence-corrected chi connectivity index (χ3v) is 5.67. The molecular weight excluding hydrogens is 238 g/mol. The van der Waals surface area contributed by atoms with Gasteiger partial charge in [-0.25, -0.2) is 8.42 Å². The van der Waals surface area contributed by atoms with Crippen molar-refractivity contribution in [3.05, 3.63) is 0 Å². The molecule has 0 amide bonds. The summed E-state index contributed by atoms with van der Waals surface area (Å²) in [7, 11) is -1.13. The molecule has 0 aromatic rings. The highest BCUT2D eigenvalue weighted by Crippen LogP contribution is 2.25. The Morgan fingerprint density at radius 2 is 1.88 bits per heavy atom. The van der Waals surface area contributed by atoms with E-state index >= 15 is 0 Å². The lowest BCUT2D eigenvalue weighted by atomic mass is 10.3. The molecule has 0 aliphatic heterocycles. The first-order valence-electron chi connectivity index (χ1n) is 6.58. The highest BCUT2D eigenvalue weighted by molar-refractivity contribution is 7.92. The number of methoxy groups -OCH3 is 1. The summed E-state index contributed by atoms with van der Waals surface area (Å²) < 4.78 is 28.8. The predicted octanol–water partition coefficient (Wildman–Crippen LogP) is 1.36. The first-order chi connectivity index (χ1) is 8.17. The summed E-state index contributed by atoms with van der Waals surface area (Å²) in [6.45, 7) is 2.43. The highest BCUT2D eigenvalue weighted by atomic mass is 32.2. The molecule has 0 radical (unpaired) electrons. The summed E-state index contributed by atoms with van der Waals surface area (Å²) in [5.74, 6) is 0.365. The number of nitrogens with one attached hydrogen (secondary N) is 1. The fourth-order valence-electron chi connectivity index (χ4n) is 2.27. The van der Waals surface area contributed by atoms with Gasteiger partial charge in [-0.3, -0.25) is 0 Å². The lowest BCUT2D eigenvalue weighted by molar-refractivity contribution is 0.199. The van der Waals surface area contributed by atoms with Gasteiger partial charge in [-0.1, -0.05) is 12.8 Å². The minimum absolute atomic E-state index is 0.0380. The Labute approximate surface area is 105 Å². The second kappa shape index (κ2) is 8.06. The standard InChI is InChI=1S/C12H25NO3S/c1-16-10-9-13-8-4-5-11-17(14,15)12-6-2-3-7-12/h12-13H,2-11H2,1H3. The van der Waals surface area contributed by atoms with Crippen LogP contribution in [-0.2, 0) is 14.6 Å². The van der Waals surface area contributed by atoms with Crippen molar-refractivity contribution in [3.8, 4) is 0 Å². The van der Waals surface area contributed by atoms with Gasteiger partial charge in [-0.05, 0) is 32.2 Å². The lowest BCUT2D eigenvalue weighted by Gasteiger charge is -2.10. The molecule has 1 aliphatic rings. The Kier molecular flexibility index (Phi) is 7.08. The molecule has 4 nitrogen and oxygen atoms in total. The Morgan fingerprint density at radius 3 is 2.53 bits per heavy atom. The molecule has 1 fully saturated rings. The molecule has 0 atom stereocenters. The molecule has 5 heteroatoms. The van der Waals surface area contributed by atoms with Crippen LogP contribution in [0.15, 0.2) is 0 Å². The minimum Gasteiger partial charge on any atom is -0.383 e. The van der Waals surface area contributed by atoms with Crippen LogP contribution < -0.4 is 5.32 Å². The van der Waals surface area contributed by atoms with Crippen LogP contribution in [0.3, 0.4) is 0 Å². The first kappa shape index (κ1) is 14.9. The van der Waals surface area contributed by atoms with Gasteiger partial charge in [0.05, 0.1) is 17.6 Å². The van der Waals surface area contributed by atoms with E-state index in [2.05, 4.69) is 5.32 Å². The summed E-state index contributed by atoms with van der Waals surface area (Å²) in [5, 5.41) is 3.18. The van der Waals surface area contributed by atoms with Crippen LogP contribution in [0, 0.1) is 0 Å². The van der Waals surface area contributed by atoms with Crippen molar-refractivity contribution in [1.29, 1.82) is 0 Å². The van der Waals surface area contributed by atoms with Crippen LogP contribution in [0.5, 0.6) is 0 Å². The van der Waals surface area contributed by atoms with E-state index in [4.69, 9.17) is 4.74 Å². The average molecular weight is 263 g/mol. The molecule has 1 rings (SSSR count). The van der Waals surface area contributed by atoms with Crippen LogP contribution in [0.4, 0.5) is 0 Å². The zero-order valence-electron chi connectivity index (χ0n) is 10.8. The van der Waals surface area contributed by atoms with Crippen molar-refractivity contribution in [2.45, 2.75) is 43.8 Å². The van der Waals surface area contributed by atoms with Gasteiger partial charge in [0, 0.05) is 13.7 Å². The second-order valence-corrected chi connectivity index (χ2v) is 7.12. The molecule has 1 N–H and O–H groups in total. The first-order valence-corrected chi connectivity index (χ1v) is 8.29. The van der Waals surface area contributed by atoms with Crippen molar-refractivity contribution in [1.82, 2.24) is 5.32 Å². The molecule has 0 spiro atoms. The van der Waals surface area contributed by atoms with Crippen LogP contribution in [-0.4, -0.2) is 46.2 Å². The Balaban J connectivity index is 2.05. The van der Waals surface area contributed by atoms with Gasteiger partial charge in [0.1, 0.15) is 0 Å². The van der Waals surface area contributed by atoms with Crippen molar-refractivity contribution >= 4 is 9.84 Å². The van der Waals surface area contributed by atoms with E-state index in [1.165, 1.54) is 0 Å². The number of ether oxygens (including phenoxy) is 1. The molecule has 0 aromatic heterocycles. The number of hydrogen-bond donors (Lipinski definition) is 1. The van der Waals surface area contributed by atoms with Crippen molar-refractivity contribution in [2.24, 2.45) is 0 Å². The van der Waals surface area contributed by atoms with E-state index in [-0.39, 0.29) is 5.25 Å². The van der Waals surface area contributed by atoms with E-state index in [0.29, 0.717) is 12.4 Å². The molecule has 0 heterocycles. The van der Waals surface area contributed by atoms with Gasteiger partial charge in [0.25, 0.3) is 0 Å². The van der Waals surface area contributed by atoms with Gasteiger partial charge in [-0.15, -0.1) is 0 Å². The minimum atomic E-state index is -2.81. The van der Waals surface area contributed by atoms with E-state index in [1.807, 2.05) is 0 Å². The van der Waals surface area contributed by atoms with Crippen LogP contribution in [0.1, 0.15) is 38.5 Å². The molecule has 0 saturated heterocycles. The van der Waals surface area contributed by atoms with Crippen molar-refractivity contribution in [3.63, 3.8) is 0 Å². The molecule has 1 aliphatic carbocycles. The van der Waals surface area contributed by atoms with E-state index < -0.39 is 9.84 Å². The zero-order chi connectivity index (χ0) is 12.6. The maximum atomic E-state index is 11.9.